The van der Waals surface area contributed by atoms with Crippen molar-refractivity contribution in [2.24, 2.45) is 0 Å². The van der Waals surface area contributed by atoms with Gasteiger partial charge < -0.3 is 4.57 Å². The summed E-state index contributed by atoms with van der Waals surface area (Å²) in [5.41, 5.74) is 13.0. The predicted molar refractivity (Wildman–Crippen MR) is 236 cm³/mol. The fourth-order valence-electron chi connectivity index (χ4n) is 8.16. The first-order valence-electron chi connectivity index (χ1n) is 18.9. The van der Waals surface area contributed by atoms with E-state index in [9.17, 15) is 0 Å². The minimum atomic E-state index is 0.692. The first-order chi connectivity index (χ1) is 27.7. The zero-order valence-electron chi connectivity index (χ0n) is 30.3. The second-order valence-electron chi connectivity index (χ2n) is 14.2. The highest BCUT2D eigenvalue weighted by Gasteiger charge is 2.19. The molecule has 0 aliphatic rings. The van der Waals surface area contributed by atoms with Gasteiger partial charge in [0.1, 0.15) is 0 Å². The topological polar surface area (TPSA) is 30.7 Å². The summed E-state index contributed by atoms with van der Waals surface area (Å²) in [6, 6.07) is 71.4. The Hall–Kier alpha value is -7.14. The van der Waals surface area contributed by atoms with Gasteiger partial charge in [-0.2, -0.15) is 0 Å². The average molecular weight is 732 g/mol. The minimum Gasteiger partial charge on any atom is -0.309 e. The van der Waals surface area contributed by atoms with Gasteiger partial charge in [-0.1, -0.05) is 152 Å². The molecular weight excluding hydrogens is 699 g/mol. The Morgan fingerprint density at radius 2 is 0.946 bits per heavy atom. The molecule has 0 saturated heterocycles. The van der Waals surface area contributed by atoms with Crippen molar-refractivity contribution in [2.45, 2.75) is 0 Å². The maximum atomic E-state index is 5.37. The minimum absolute atomic E-state index is 0.692. The van der Waals surface area contributed by atoms with Crippen molar-refractivity contribution in [3.05, 3.63) is 200 Å². The van der Waals surface area contributed by atoms with Crippen molar-refractivity contribution in [2.75, 3.05) is 0 Å². The molecule has 3 heterocycles. The molecule has 0 spiro atoms. The zero-order valence-corrected chi connectivity index (χ0v) is 31.1. The second kappa shape index (κ2) is 13.3. The highest BCUT2D eigenvalue weighted by molar-refractivity contribution is 7.25. The summed E-state index contributed by atoms with van der Waals surface area (Å²) in [6.45, 7) is 0. The fraction of sp³-hybridized carbons (Fsp3) is 0. The van der Waals surface area contributed by atoms with Crippen LogP contribution in [0, 0.1) is 0 Å². The molecule has 56 heavy (non-hydrogen) atoms. The van der Waals surface area contributed by atoms with Crippen molar-refractivity contribution in [3.63, 3.8) is 0 Å². The van der Waals surface area contributed by atoms with Crippen molar-refractivity contribution in [1.82, 2.24) is 14.5 Å². The Morgan fingerprint density at radius 1 is 0.357 bits per heavy atom. The summed E-state index contributed by atoms with van der Waals surface area (Å²) in [5.74, 6) is 0.692. The number of fused-ring (bicyclic) bond motifs is 6. The van der Waals surface area contributed by atoms with E-state index in [2.05, 4.69) is 199 Å². The van der Waals surface area contributed by atoms with Gasteiger partial charge in [0, 0.05) is 53.3 Å². The Balaban J connectivity index is 1.12. The molecule has 0 bridgehead atoms. The molecule has 11 aromatic rings. The van der Waals surface area contributed by atoms with Crippen LogP contribution in [0.15, 0.2) is 200 Å². The first kappa shape index (κ1) is 32.3. The molecule has 8 aromatic carbocycles. The fourth-order valence-corrected chi connectivity index (χ4v) is 9.24. The Labute approximate surface area is 328 Å². The van der Waals surface area contributed by atoms with Crippen LogP contribution in [0.3, 0.4) is 0 Å². The van der Waals surface area contributed by atoms with E-state index in [-0.39, 0.29) is 0 Å². The number of para-hydroxylation sites is 1. The van der Waals surface area contributed by atoms with Crippen LogP contribution in [-0.4, -0.2) is 14.5 Å². The molecule has 3 aromatic heterocycles. The van der Waals surface area contributed by atoms with Gasteiger partial charge in [0.05, 0.1) is 22.4 Å². The molecule has 0 aliphatic carbocycles. The lowest BCUT2D eigenvalue weighted by Gasteiger charge is -2.12. The lowest BCUT2D eigenvalue weighted by atomic mass is 9.99. The second-order valence-corrected chi connectivity index (χ2v) is 15.3. The molecule has 0 N–H and O–H groups in total. The van der Waals surface area contributed by atoms with Crippen LogP contribution in [0.5, 0.6) is 0 Å². The van der Waals surface area contributed by atoms with Gasteiger partial charge in [-0.3, -0.25) is 0 Å². The smallest absolute Gasteiger partial charge is 0.160 e. The van der Waals surface area contributed by atoms with Crippen LogP contribution in [-0.2, 0) is 0 Å². The van der Waals surface area contributed by atoms with Crippen LogP contribution in [0.1, 0.15) is 0 Å². The Kier molecular flexibility index (Phi) is 7.68. The van der Waals surface area contributed by atoms with Crippen molar-refractivity contribution < 1.29 is 0 Å². The van der Waals surface area contributed by atoms with Crippen LogP contribution < -0.4 is 0 Å². The standard InChI is InChI=1S/C52H33N3S/c1-3-13-34(14-4-1)36-25-27-37(28-26-36)52-53-45(39-18-11-17-38(31-39)35-15-5-2-6-16-35)33-46(54-52)42-21-12-23-48-51(42)43-20-7-9-22-47(43)55(48)40-29-30-50-44(32-40)41-19-8-10-24-49(41)56-50/h1-33H. The summed E-state index contributed by atoms with van der Waals surface area (Å²) < 4.78 is 5.02. The SMILES string of the molecule is c1ccc(-c2ccc(-c3nc(-c4cccc(-c5ccccc5)c4)cc(-c4cccc5c4c4ccccc4n5-c4ccc5sc6ccccc6c5c4)n3)cc2)cc1. The van der Waals surface area contributed by atoms with E-state index in [1.54, 1.807) is 0 Å². The molecule has 0 atom stereocenters. The maximum Gasteiger partial charge on any atom is 0.160 e. The van der Waals surface area contributed by atoms with Gasteiger partial charge in [-0.15, -0.1) is 11.3 Å². The predicted octanol–water partition coefficient (Wildman–Crippen LogP) is 14.3. The first-order valence-corrected chi connectivity index (χ1v) is 19.7. The number of benzene rings is 8. The van der Waals surface area contributed by atoms with Crippen LogP contribution in [0.2, 0.25) is 0 Å². The molecule has 0 aliphatic heterocycles. The lowest BCUT2D eigenvalue weighted by Crippen LogP contribution is -1.97. The average Bonchev–Trinajstić information content (AvgIpc) is 3.82. The summed E-state index contributed by atoms with van der Waals surface area (Å²) >= 11 is 1.85. The molecule has 262 valence electrons. The van der Waals surface area contributed by atoms with E-state index in [1.807, 2.05) is 17.4 Å². The van der Waals surface area contributed by atoms with Gasteiger partial charge in [0.2, 0.25) is 0 Å². The highest BCUT2D eigenvalue weighted by atomic mass is 32.1. The van der Waals surface area contributed by atoms with E-state index in [1.165, 1.54) is 42.1 Å². The Bertz CT molecular complexity index is 3230. The third-order valence-electron chi connectivity index (χ3n) is 10.8. The lowest BCUT2D eigenvalue weighted by molar-refractivity contribution is 1.18. The van der Waals surface area contributed by atoms with Crippen molar-refractivity contribution >= 4 is 53.3 Å². The number of thiophene rings is 1. The molecule has 0 unspecified atom stereocenters. The normalized spacial score (nSPS) is 11.6. The van der Waals surface area contributed by atoms with Crippen molar-refractivity contribution in [3.8, 4) is 61.8 Å². The third kappa shape index (κ3) is 5.50. The van der Waals surface area contributed by atoms with Gasteiger partial charge in [-0.05, 0) is 70.8 Å². The van der Waals surface area contributed by atoms with E-state index in [4.69, 9.17) is 9.97 Å². The molecule has 0 radical (unpaired) electrons. The molecule has 0 fully saturated rings. The summed E-state index contributed by atoms with van der Waals surface area (Å²) in [6.07, 6.45) is 0. The van der Waals surface area contributed by atoms with E-state index >= 15 is 0 Å². The van der Waals surface area contributed by atoms with Gasteiger partial charge in [0.15, 0.2) is 5.82 Å². The van der Waals surface area contributed by atoms with Crippen LogP contribution in [0.25, 0.3) is 104 Å². The number of hydrogen-bond donors (Lipinski definition) is 0. The van der Waals surface area contributed by atoms with Gasteiger partial charge in [0.25, 0.3) is 0 Å². The number of hydrogen-bond acceptors (Lipinski definition) is 3. The number of aromatic nitrogens is 3. The van der Waals surface area contributed by atoms with Crippen molar-refractivity contribution in [1.29, 1.82) is 0 Å². The summed E-state index contributed by atoms with van der Waals surface area (Å²) in [5, 5.41) is 4.94. The maximum absolute atomic E-state index is 5.37. The number of nitrogens with zero attached hydrogens (tertiary/aromatic N) is 3. The molecule has 3 nitrogen and oxygen atoms in total. The van der Waals surface area contributed by atoms with Crippen LogP contribution >= 0.6 is 11.3 Å². The molecule has 11 rings (SSSR count). The van der Waals surface area contributed by atoms with E-state index < -0.39 is 0 Å². The molecular formula is C52H33N3S. The van der Waals surface area contributed by atoms with Crippen LogP contribution in [0.4, 0.5) is 0 Å². The monoisotopic (exact) mass is 731 g/mol. The van der Waals surface area contributed by atoms with Gasteiger partial charge >= 0.3 is 0 Å². The summed E-state index contributed by atoms with van der Waals surface area (Å²) in [7, 11) is 0. The zero-order chi connectivity index (χ0) is 37.0. The quantitative estimate of drug-likeness (QED) is 0.170. The van der Waals surface area contributed by atoms with E-state index in [0.717, 1.165) is 55.9 Å². The summed E-state index contributed by atoms with van der Waals surface area (Å²) in [4.78, 5) is 10.6. The highest BCUT2D eigenvalue weighted by Crippen LogP contribution is 2.41. The van der Waals surface area contributed by atoms with E-state index in [0.29, 0.717) is 5.82 Å². The third-order valence-corrected chi connectivity index (χ3v) is 12.0. The molecule has 4 heteroatoms. The number of rotatable bonds is 6. The van der Waals surface area contributed by atoms with Gasteiger partial charge in [-0.25, -0.2) is 9.97 Å². The largest absolute Gasteiger partial charge is 0.309 e. The molecule has 0 amide bonds. The molecule has 0 saturated carbocycles. The Morgan fingerprint density at radius 3 is 1.77 bits per heavy atom.